The van der Waals surface area contributed by atoms with E-state index in [1.54, 1.807) is 0 Å². The van der Waals surface area contributed by atoms with Gasteiger partial charge < -0.3 is 0 Å². The molecular weight excluding hydrogens is 381 g/mol. The van der Waals surface area contributed by atoms with Crippen LogP contribution in [0.2, 0.25) is 0 Å². The number of fused-ring (bicyclic) bond motifs is 3. The third kappa shape index (κ3) is 1.77. The van der Waals surface area contributed by atoms with Gasteiger partial charge in [-0.25, -0.2) is 0 Å². The number of hydrogen-bond donors (Lipinski definition) is 0. The number of halogens is 1. The van der Waals surface area contributed by atoms with Crippen molar-refractivity contribution >= 4 is 39.7 Å². The highest BCUT2D eigenvalue weighted by molar-refractivity contribution is 14.1. The maximum atomic E-state index is 4.24. The van der Waals surface area contributed by atoms with E-state index in [-0.39, 0.29) is 5.41 Å². The van der Waals surface area contributed by atoms with Crippen molar-refractivity contribution in [3.63, 3.8) is 0 Å². The van der Waals surface area contributed by atoms with Crippen LogP contribution in [0.4, 0.5) is 5.69 Å². The zero-order chi connectivity index (χ0) is 15.5. The minimum absolute atomic E-state index is 0.0282. The summed E-state index contributed by atoms with van der Waals surface area (Å²) < 4.78 is 2.15. The minimum atomic E-state index is 0.0282. The van der Waals surface area contributed by atoms with Gasteiger partial charge in [-0.3, -0.25) is 3.11 Å². The molecule has 0 saturated carbocycles. The maximum absolute atomic E-state index is 4.24. The Balaban J connectivity index is 2.01. The third-order valence-electron chi connectivity index (χ3n) is 4.72. The van der Waals surface area contributed by atoms with Crippen molar-refractivity contribution in [3.8, 4) is 0 Å². The van der Waals surface area contributed by atoms with Crippen LogP contribution in [-0.4, -0.2) is 0 Å². The summed E-state index contributed by atoms with van der Waals surface area (Å²) in [5.74, 6) is 0. The molecule has 1 aromatic rings. The van der Waals surface area contributed by atoms with E-state index in [1.165, 1.54) is 33.5 Å². The van der Waals surface area contributed by atoms with Crippen LogP contribution in [0.5, 0.6) is 0 Å². The predicted molar refractivity (Wildman–Crippen MR) is 103 cm³/mol. The first-order valence-electron chi connectivity index (χ1n) is 7.35. The van der Waals surface area contributed by atoms with Gasteiger partial charge in [-0.15, -0.1) is 5.73 Å². The lowest BCUT2D eigenvalue weighted by molar-refractivity contribution is 0.655. The first-order chi connectivity index (χ1) is 10.5. The Morgan fingerprint density at radius 3 is 2.77 bits per heavy atom. The zero-order valence-electron chi connectivity index (χ0n) is 12.7. The molecule has 4 rings (SSSR count). The van der Waals surface area contributed by atoms with E-state index >= 15 is 0 Å². The fourth-order valence-electron chi connectivity index (χ4n) is 3.48. The second-order valence-electron chi connectivity index (χ2n) is 6.36. The van der Waals surface area contributed by atoms with E-state index in [4.69, 9.17) is 0 Å². The van der Waals surface area contributed by atoms with Gasteiger partial charge in [0.05, 0.1) is 28.6 Å². The van der Waals surface area contributed by atoms with Gasteiger partial charge in [0.25, 0.3) is 0 Å². The van der Waals surface area contributed by atoms with Crippen molar-refractivity contribution < 1.29 is 0 Å². The average Bonchev–Trinajstić information content (AvgIpc) is 3.04. The van der Waals surface area contributed by atoms with Crippen LogP contribution in [0.3, 0.4) is 0 Å². The summed E-state index contributed by atoms with van der Waals surface area (Å²) >= 11 is 2.34. The van der Waals surface area contributed by atoms with Gasteiger partial charge in [0.2, 0.25) is 0 Å². The zero-order valence-corrected chi connectivity index (χ0v) is 14.8. The summed E-state index contributed by atoms with van der Waals surface area (Å²) in [6.07, 6.45) is 12.5. The normalized spacial score (nSPS) is 23.0. The van der Waals surface area contributed by atoms with Crippen molar-refractivity contribution in [2.24, 2.45) is 0 Å². The fraction of sp³-hybridized carbons (Fsp3) is 0.150. The number of hydrogen-bond acceptors (Lipinski definition) is 1. The smallest absolute Gasteiger partial charge is 0.0640 e. The van der Waals surface area contributed by atoms with Crippen LogP contribution in [0.25, 0.3) is 11.1 Å². The number of anilines is 1. The van der Waals surface area contributed by atoms with Crippen LogP contribution in [0, 0.1) is 0 Å². The molecule has 1 nitrogen and oxygen atoms in total. The Hall–Kier alpha value is -1.77. The standard InChI is InChI=1S/C20H16IN/c1-13-7-4-5-10-22(21)19-12-18-16(11-15(13)19)14-8-6-9-17(14)20(18,2)3/h4-5,7-12H,1H2,2-3H3/b7-4-,10-5-. The first-order valence-corrected chi connectivity index (χ1v) is 8.32. The molecule has 108 valence electrons. The molecule has 2 aliphatic carbocycles. The van der Waals surface area contributed by atoms with Crippen LogP contribution < -0.4 is 3.11 Å². The molecule has 0 radical (unpaired) electrons. The maximum Gasteiger partial charge on any atom is 0.0640 e. The molecule has 0 saturated heterocycles. The lowest BCUT2D eigenvalue weighted by Gasteiger charge is -2.26. The van der Waals surface area contributed by atoms with Crippen LogP contribution >= 0.6 is 22.9 Å². The van der Waals surface area contributed by atoms with Gasteiger partial charge in [0.1, 0.15) is 0 Å². The first kappa shape index (κ1) is 13.9. The Morgan fingerprint density at radius 2 is 1.95 bits per heavy atom. The van der Waals surface area contributed by atoms with Crippen LogP contribution in [0.1, 0.15) is 30.5 Å². The molecule has 0 bridgehead atoms. The number of allylic oxidation sites excluding steroid dienone is 7. The highest BCUT2D eigenvalue weighted by Gasteiger charge is 2.38. The molecule has 2 heteroatoms. The minimum Gasteiger partial charge on any atom is -0.290 e. The molecule has 1 aliphatic heterocycles. The Morgan fingerprint density at radius 1 is 1.14 bits per heavy atom. The van der Waals surface area contributed by atoms with Gasteiger partial charge >= 0.3 is 0 Å². The number of nitrogens with zero attached hydrogens (tertiary/aromatic N) is 1. The molecule has 0 amide bonds. The molecule has 0 atom stereocenters. The molecule has 22 heavy (non-hydrogen) atoms. The largest absolute Gasteiger partial charge is 0.290 e. The van der Waals surface area contributed by atoms with Crippen LogP contribution in [-0.2, 0) is 5.41 Å². The van der Waals surface area contributed by atoms with Gasteiger partial charge in [-0.05, 0) is 58.2 Å². The van der Waals surface area contributed by atoms with Gasteiger partial charge in [-0.1, -0.05) is 32.6 Å². The third-order valence-corrected chi connectivity index (χ3v) is 5.56. The molecule has 1 heterocycles. The van der Waals surface area contributed by atoms with Crippen molar-refractivity contribution in [1.82, 2.24) is 0 Å². The topological polar surface area (TPSA) is 3.24 Å². The van der Waals surface area contributed by atoms with Gasteiger partial charge in [0, 0.05) is 17.2 Å². The van der Waals surface area contributed by atoms with E-state index < -0.39 is 0 Å². The predicted octanol–water partition coefficient (Wildman–Crippen LogP) is 5.71. The molecule has 3 aliphatic rings. The molecule has 1 aromatic carbocycles. The Labute approximate surface area is 145 Å². The molecule has 0 unspecified atom stereocenters. The number of benzene rings is 1. The SMILES string of the molecule is C=C1/C=C\C=C/N(I)c2cc3c(cc21)C1=C(C=C=C1)C3(C)C. The summed E-state index contributed by atoms with van der Waals surface area (Å²) in [5, 5.41) is 0. The lowest BCUT2D eigenvalue weighted by Crippen LogP contribution is -2.17. The molecule has 0 fully saturated rings. The quantitative estimate of drug-likeness (QED) is 0.308. The second kappa shape index (κ2) is 4.61. The highest BCUT2D eigenvalue weighted by atomic mass is 127. The molecular formula is C20H16IN. The van der Waals surface area contributed by atoms with Crippen molar-refractivity contribution in [2.75, 3.05) is 3.11 Å². The summed E-state index contributed by atoms with van der Waals surface area (Å²) in [6.45, 7) is 8.83. The number of rotatable bonds is 0. The Bertz CT molecular complexity index is 871. The summed E-state index contributed by atoms with van der Waals surface area (Å²) in [7, 11) is 0. The Kier molecular flexibility index (Phi) is 2.91. The van der Waals surface area contributed by atoms with Gasteiger partial charge in [-0.2, -0.15) is 0 Å². The second-order valence-corrected chi connectivity index (χ2v) is 7.40. The molecule has 0 aromatic heterocycles. The summed E-state index contributed by atoms with van der Waals surface area (Å²) in [4.78, 5) is 0. The molecule has 0 spiro atoms. The summed E-state index contributed by atoms with van der Waals surface area (Å²) in [5.41, 5.74) is 12.1. The van der Waals surface area contributed by atoms with E-state index in [0.29, 0.717) is 0 Å². The van der Waals surface area contributed by atoms with E-state index in [0.717, 1.165) is 5.57 Å². The molecule has 0 N–H and O–H groups in total. The van der Waals surface area contributed by atoms with Crippen molar-refractivity contribution in [2.45, 2.75) is 19.3 Å². The van der Waals surface area contributed by atoms with Crippen molar-refractivity contribution in [1.29, 1.82) is 0 Å². The van der Waals surface area contributed by atoms with E-state index in [9.17, 15) is 0 Å². The van der Waals surface area contributed by atoms with Gasteiger partial charge in [0.15, 0.2) is 0 Å². The fourth-order valence-corrected chi connectivity index (χ4v) is 4.06. The lowest BCUT2D eigenvalue weighted by atomic mass is 9.80. The van der Waals surface area contributed by atoms with E-state index in [2.05, 4.69) is 88.7 Å². The van der Waals surface area contributed by atoms with Crippen molar-refractivity contribution in [3.05, 3.63) is 83.3 Å². The monoisotopic (exact) mass is 397 g/mol. The summed E-state index contributed by atoms with van der Waals surface area (Å²) in [6, 6.07) is 4.62. The highest BCUT2D eigenvalue weighted by Crippen LogP contribution is 2.51. The average molecular weight is 397 g/mol. The van der Waals surface area contributed by atoms with E-state index in [1.807, 2.05) is 12.2 Å². The van der Waals surface area contributed by atoms with Crippen LogP contribution in [0.15, 0.2) is 66.6 Å².